The van der Waals surface area contributed by atoms with Crippen LogP contribution in [-0.2, 0) is 0 Å². The minimum absolute atomic E-state index is 0.190. The Labute approximate surface area is 166 Å². The second-order valence-electron chi connectivity index (χ2n) is 5.90. The number of nitrogens with zero attached hydrogens (tertiary/aromatic N) is 3. The molecule has 4 aromatic rings. The number of amides is 1. The molecule has 1 N–H and O–H groups in total. The number of hydrogen-bond acceptors (Lipinski definition) is 4. The molecule has 2 aromatic heterocycles. The number of aromatic nitrogens is 2. The molecule has 138 valence electrons. The molecule has 0 aliphatic rings. The minimum atomic E-state index is -0.426. The van der Waals surface area contributed by atoms with Crippen LogP contribution in [0.1, 0.15) is 16.1 Å². The summed E-state index contributed by atoms with van der Waals surface area (Å²) >= 11 is 6.00. The van der Waals surface area contributed by atoms with Gasteiger partial charge in [-0.2, -0.15) is 10.2 Å². The van der Waals surface area contributed by atoms with Gasteiger partial charge in [0.1, 0.15) is 5.69 Å². The highest BCUT2D eigenvalue weighted by molar-refractivity contribution is 6.30. The molecule has 0 bridgehead atoms. The molecular formula is C21H15ClN4O2. The van der Waals surface area contributed by atoms with Crippen LogP contribution in [0.4, 0.5) is 0 Å². The fraction of sp³-hybridized carbons (Fsp3) is 0. The van der Waals surface area contributed by atoms with Gasteiger partial charge in [0.25, 0.3) is 0 Å². The van der Waals surface area contributed by atoms with Crippen molar-refractivity contribution in [3.05, 3.63) is 95.5 Å². The van der Waals surface area contributed by atoms with Gasteiger partial charge in [-0.05, 0) is 36.4 Å². The molecule has 28 heavy (non-hydrogen) atoms. The Balaban J connectivity index is 1.66. The lowest BCUT2D eigenvalue weighted by molar-refractivity contribution is 0.0927. The fourth-order valence-electron chi connectivity index (χ4n) is 2.65. The third-order valence-corrected chi connectivity index (χ3v) is 4.25. The highest BCUT2D eigenvalue weighted by Crippen LogP contribution is 2.24. The van der Waals surface area contributed by atoms with Gasteiger partial charge >= 0.3 is 5.91 Å². The van der Waals surface area contributed by atoms with Crippen molar-refractivity contribution >= 4 is 23.7 Å². The molecule has 0 aliphatic carbocycles. The quantitative estimate of drug-likeness (QED) is 0.401. The number of para-hydroxylation sites is 1. The minimum Gasteiger partial charge on any atom is -0.459 e. The van der Waals surface area contributed by atoms with Crippen LogP contribution < -0.4 is 5.43 Å². The molecule has 0 saturated heterocycles. The zero-order chi connectivity index (χ0) is 19.3. The van der Waals surface area contributed by atoms with E-state index in [0.29, 0.717) is 5.02 Å². The molecule has 0 radical (unpaired) electrons. The van der Waals surface area contributed by atoms with E-state index >= 15 is 0 Å². The van der Waals surface area contributed by atoms with Crippen LogP contribution in [0.3, 0.4) is 0 Å². The molecule has 0 atom stereocenters. The smallest absolute Gasteiger partial charge is 0.307 e. The third-order valence-electron chi connectivity index (χ3n) is 4.00. The van der Waals surface area contributed by atoms with Crippen molar-refractivity contribution in [2.24, 2.45) is 5.10 Å². The Kier molecular flexibility index (Phi) is 5.03. The third kappa shape index (κ3) is 3.87. The number of hydrogen-bond donors (Lipinski definition) is 1. The Hall–Kier alpha value is -3.64. The van der Waals surface area contributed by atoms with Crippen LogP contribution in [0.25, 0.3) is 16.9 Å². The lowest BCUT2D eigenvalue weighted by Gasteiger charge is -2.00. The van der Waals surface area contributed by atoms with E-state index in [-0.39, 0.29) is 5.76 Å². The van der Waals surface area contributed by atoms with E-state index in [1.165, 1.54) is 6.26 Å². The number of hydrazone groups is 1. The average molecular weight is 391 g/mol. The predicted octanol–water partition coefficient (Wildman–Crippen LogP) is 4.55. The normalized spacial score (nSPS) is 11.0. The van der Waals surface area contributed by atoms with Crippen molar-refractivity contribution in [1.29, 1.82) is 0 Å². The second kappa shape index (κ2) is 7.94. The molecule has 4 rings (SSSR count). The number of furan rings is 1. The SMILES string of the molecule is O=C(N/N=C/c1cn(-c2ccccc2)nc1-c1ccc(Cl)cc1)c1ccco1. The molecule has 0 spiro atoms. The monoisotopic (exact) mass is 390 g/mol. The van der Waals surface area contributed by atoms with Crippen molar-refractivity contribution < 1.29 is 9.21 Å². The predicted molar refractivity (Wildman–Crippen MR) is 108 cm³/mol. The summed E-state index contributed by atoms with van der Waals surface area (Å²) in [5.74, 6) is -0.236. The van der Waals surface area contributed by atoms with Gasteiger partial charge in [-0.25, -0.2) is 10.1 Å². The van der Waals surface area contributed by atoms with E-state index < -0.39 is 5.91 Å². The van der Waals surface area contributed by atoms with Crippen LogP contribution in [0.2, 0.25) is 5.02 Å². The van der Waals surface area contributed by atoms with E-state index in [4.69, 9.17) is 16.0 Å². The van der Waals surface area contributed by atoms with Gasteiger partial charge in [0.2, 0.25) is 0 Å². The van der Waals surface area contributed by atoms with Gasteiger partial charge in [-0.1, -0.05) is 41.9 Å². The Bertz CT molecular complexity index is 1100. The van der Waals surface area contributed by atoms with Gasteiger partial charge in [0, 0.05) is 22.3 Å². The first-order valence-electron chi connectivity index (χ1n) is 8.48. The van der Waals surface area contributed by atoms with Crippen molar-refractivity contribution in [1.82, 2.24) is 15.2 Å². The van der Waals surface area contributed by atoms with E-state index in [0.717, 1.165) is 22.5 Å². The van der Waals surface area contributed by atoms with Crippen molar-refractivity contribution in [3.63, 3.8) is 0 Å². The Morgan fingerprint density at radius 3 is 2.57 bits per heavy atom. The molecule has 0 aliphatic heterocycles. The Morgan fingerprint density at radius 1 is 1.07 bits per heavy atom. The first-order valence-corrected chi connectivity index (χ1v) is 8.86. The van der Waals surface area contributed by atoms with Crippen LogP contribution >= 0.6 is 11.6 Å². The van der Waals surface area contributed by atoms with Gasteiger partial charge < -0.3 is 4.42 Å². The summed E-state index contributed by atoms with van der Waals surface area (Å²) in [4.78, 5) is 12.0. The topological polar surface area (TPSA) is 72.4 Å². The van der Waals surface area contributed by atoms with Gasteiger partial charge in [0.15, 0.2) is 5.76 Å². The van der Waals surface area contributed by atoms with Crippen LogP contribution in [0.5, 0.6) is 0 Å². The van der Waals surface area contributed by atoms with Crippen molar-refractivity contribution in [3.8, 4) is 16.9 Å². The number of nitrogens with one attached hydrogen (secondary N) is 1. The van der Waals surface area contributed by atoms with Gasteiger partial charge in [0.05, 0.1) is 18.2 Å². The largest absolute Gasteiger partial charge is 0.459 e. The Morgan fingerprint density at radius 2 is 1.86 bits per heavy atom. The lowest BCUT2D eigenvalue weighted by atomic mass is 10.1. The van der Waals surface area contributed by atoms with Crippen molar-refractivity contribution in [2.45, 2.75) is 0 Å². The highest BCUT2D eigenvalue weighted by atomic mass is 35.5. The zero-order valence-corrected chi connectivity index (χ0v) is 15.4. The summed E-state index contributed by atoms with van der Waals surface area (Å²) in [7, 11) is 0. The molecule has 7 heteroatoms. The van der Waals surface area contributed by atoms with E-state index in [1.807, 2.05) is 48.7 Å². The van der Waals surface area contributed by atoms with E-state index in [2.05, 4.69) is 15.6 Å². The standard InChI is InChI=1S/C21H15ClN4O2/c22-17-10-8-15(9-11-17)20-16(13-23-24-21(27)19-7-4-12-28-19)14-26(25-20)18-5-2-1-3-6-18/h1-14H,(H,24,27)/b23-13+. The number of halogens is 1. The fourth-order valence-corrected chi connectivity index (χ4v) is 2.78. The molecule has 2 heterocycles. The second-order valence-corrected chi connectivity index (χ2v) is 6.33. The summed E-state index contributed by atoms with van der Waals surface area (Å²) in [5.41, 5.74) is 5.71. The maximum atomic E-state index is 12.0. The molecular weight excluding hydrogens is 376 g/mol. The van der Waals surface area contributed by atoms with Crippen molar-refractivity contribution in [2.75, 3.05) is 0 Å². The summed E-state index contributed by atoms with van der Waals surface area (Å²) in [5, 5.41) is 9.37. The number of benzene rings is 2. The number of carbonyl (C=O) groups excluding carboxylic acids is 1. The zero-order valence-electron chi connectivity index (χ0n) is 14.6. The molecule has 6 nitrogen and oxygen atoms in total. The summed E-state index contributed by atoms with van der Waals surface area (Å²) in [6.45, 7) is 0. The van der Waals surface area contributed by atoms with Crippen LogP contribution in [-0.4, -0.2) is 21.9 Å². The number of carbonyl (C=O) groups is 1. The average Bonchev–Trinajstić information content (AvgIpc) is 3.40. The molecule has 2 aromatic carbocycles. The maximum absolute atomic E-state index is 12.0. The highest BCUT2D eigenvalue weighted by Gasteiger charge is 2.12. The maximum Gasteiger partial charge on any atom is 0.307 e. The summed E-state index contributed by atoms with van der Waals surface area (Å²) in [6.07, 6.45) is 4.83. The van der Waals surface area contributed by atoms with E-state index in [1.54, 1.807) is 35.2 Å². The van der Waals surface area contributed by atoms with E-state index in [9.17, 15) is 4.79 Å². The van der Waals surface area contributed by atoms with Crippen LogP contribution in [0, 0.1) is 0 Å². The molecule has 0 fully saturated rings. The lowest BCUT2D eigenvalue weighted by Crippen LogP contribution is -2.16. The number of rotatable bonds is 5. The van der Waals surface area contributed by atoms with Gasteiger partial charge in [-0.3, -0.25) is 4.79 Å². The first-order chi connectivity index (χ1) is 13.7. The molecule has 1 amide bonds. The first kappa shape index (κ1) is 17.8. The van der Waals surface area contributed by atoms with Gasteiger partial charge in [-0.15, -0.1) is 0 Å². The summed E-state index contributed by atoms with van der Waals surface area (Å²) < 4.78 is 6.81. The van der Waals surface area contributed by atoms with Crippen LogP contribution in [0.15, 0.2) is 88.7 Å². The summed E-state index contributed by atoms with van der Waals surface area (Å²) in [6, 6.07) is 20.3. The molecule has 0 saturated carbocycles. The molecule has 0 unspecified atom stereocenters.